The van der Waals surface area contributed by atoms with Gasteiger partial charge in [-0.25, -0.2) is 0 Å². The van der Waals surface area contributed by atoms with Gasteiger partial charge in [0.2, 0.25) is 5.91 Å². The van der Waals surface area contributed by atoms with Crippen LogP contribution in [-0.2, 0) is 9.59 Å². The van der Waals surface area contributed by atoms with Crippen LogP contribution in [-0.4, -0.2) is 29.4 Å². The van der Waals surface area contributed by atoms with Crippen LogP contribution in [0.1, 0.15) is 20.8 Å². The molecule has 1 atom stereocenters. The lowest BCUT2D eigenvalue weighted by Crippen LogP contribution is -2.44. The average molecular weight is 173 g/mol. The van der Waals surface area contributed by atoms with Gasteiger partial charge in [0.05, 0.1) is 6.61 Å². The Labute approximate surface area is 72.0 Å². The van der Waals surface area contributed by atoms with E-state index in [0.29, 0.717) is 0 Å². The first-order valence-corrected chi connectivity index (χ1v) is 3.90. The average Bonchev–Trinajstić information content (AvgIpc) is 1.98. The van der Waals surface area contributed by atoms with Crippen molar-refractivity contribution in [2.45, 2.75) is 26.8 Å². The minimum atomic E-state index is -0.748. The fraction of sp³-hybridized carbons (Fsp3) is 0.750. The van der Waals surface area contributed by atoms with Gasteiger partial charge in [0.25, 0.3) is 0 Å². The number of carbonyl (C=O) groups excluding carboxylic acids is 2. The van der Waals surface area contributed by atoms with Crippen molar-refractivity contribution in [3.8, 4) is 0 Å². The summed E-state index contributed by atoms with van der Waals surface area (Å²) < 4.78 is 0. The normalized spacial score (nSPS) is 12.8. The number of hydrogen-bond donors (Lipinski definition) is 2. The van der Waals surface area contributed by atoms with E-state index >= 15 is 0 Å². The highest BCUT2D eigenvalue weighted by Crippen LogP contribution is 1.98. The molecule has 0 bridgehead atoms. The third kappa shape index (κ3) is 3.48. The Kier molecular flexibility index (Phi) is 4.51. The smallest absolute Gasteiger partial charge is 0.217 e. The van der Waals surface area contributed by atoms with E-state index in [1.165, 1.54) is 6.92 Å². The molecule has 0 aliphatic heterocycles. The standard InChI is InChI=1S/C8H15NO3/c1-5(2)8(12)7(4-10)9-6(3)11/h5,7,10H,4H2,1-3H3,(H,9,11). The molecule has 0 rings (SSSR count). The Morgan fingerprint density at radius 1 is 1.42 bits per heavy atom. The molecule has 1 unspecified atom stereocenters. The molecule has 0 saturated heterocycles. The van der Waals surface area contributed by atoms with Gasteiger partial charge in [-0.05, 0) is 0 Å². The van der Waals surface area contributed by atoms with Crippen LogP contribution in [0.3, 0.4) is 0 Å². The number of Topliss-reactive ketones (excluding diaryl/α,β-unsaturated/α-hetero) is 1. The Morgan fingerprint density at radius 2 is 1.92 bits per heavy atom. The molecular formula is C8H15NO3. The number of amides is 1. The van der Waals surface area contributed by atoms with E-state index in [2.05, 4.69) is 5.32 Å². The number of rotatable bonds is 4. The fourth-order valence-corrected chi connectivity index (χ4v) is 0.854. The molecule has 0 aromatic rings. The monoisotopic (exact) mass is 173 g/mol. The lowest BCUT2D eigenvalue weighted by atomic mass is 10.0. The maximum absolute atomic E-state index is 11.2. The highest BCUT2D eigenvalue weighted by Gasteiger charge is 2.20. The van der Waals surface area contributed by atoms with Gasteiger partial charge < -0.3 is 10.4 Å². The Balaban J connectivity index is 4.15. The van der Waals surface area contributed by atoms with Crippen molar-refractivity contribution in [3.63, 3.8) is 0 Å². The number of carbonyl (C=O) groups is 2. The number of hydrogen-bond acceptors (Lipinski definition) is 3. The Hall–Kier alpha value is -0.900. The van der Waals surface area contributed by atoms with Crippen molar-refractivity contribution >= 4 is 11.7 Å². The molecule has 4 nitrogen and oxygen atoms in total. The molecular weight excluding hydrogens is 158 g/mol. The zero-order valence-electron chi connectivity index (χ0n) is 7.63. The number of nitrogens with one attached hydrogen (secondary N) is 1. The summed E-state index contributed by atoms with van der Waals surface area (Å²) in [4.78, 5) is 21.8. The summed E-state index contributed by atoms with van der Waals surface area (Å²) in [6, 6.07) is -0.748. The van der Waals surface area contributed by atoms with Crippen LogP contribution >= 0.6 is 0 Å². The topological polar surface area (TPSA) is 66.4 Å². The highest BCUT2D eigenvalue weighted by molar-refractivity contribution is 5.89. The van der Waals surface area contributed by atoms with E-state index in [4.69, 9.17) is 5.11 Å². The van der Waals surface area contributed by atoms with Crippen molar-refractivity contribution in [1.82, 2.24) is 5.32 Å². The Morgan fingerprint density at radius 3 is 2.17 bits per heavy atom. The van der Waals surface area contributed by atoms with Gasteiger partial charge in [0.15, 0.2) is 5.78 Å². The molecule has 0 radical (unpaired) electrons. The van der Waals surface area contributed by atoms with Crippen LogP contribution in [0.15, 0.2) is 0 Å². The third-order valence-corrected chi connectivity index (χ3v) is 1.47. The molecule has 4 heteroatoms. The lowest BCUT2D eigenvalue weighted by Gasteiger charge is -2.15. The maximum Gasteiger partial charge on any atom is 0.217 e. The van der Waals surface area contributed by atoms with Gasteiger partial charge in [-0.1, -0.05) is 13.8 Å². The number of aliphatic hydroxyl groups is 1. The summed E-state index contributed by atoms with van der Waals surface area (Å²) in [5.41, 5.74) is 0. The molecule has 70 valence electrons. The van der Waals surface area contributed by atoms with Crippen LogP contribution in [0.5, 0.6) is 0 Å². The molecule has 0 aliphatic rings. The van der Waals surface area contributed by atoms with Gasteiger partial charge in [-0.2, -0.15) is 0 Å². The molecule has 0 aliphatic carbocycles. The third-order valence-electron chi connectivity index (χ3n) is 1.47. The van der Waals surface area contributed by atoms with Crippen molar-refractivity contribution in [2.75, 3.05) is 6.61 Å². The SMILES string of the molecule is CC(=O)NC(CO)C(=O)C(C)C. The predicted molar refractivity (Wildman–Crippen MR) is 44.5 cm³/mol. The second kappa shape index (κ2) is 4.87. The first-order chi connectivity index (χ1) is 5.49. The van der Waals surface area contributed by atoms with E-state index in [9.17, 15) is 9.59 Å². The van der Waals surface area contributed by atoms with Crippen LogP contribution in [0.25, 0.3) is 0 Å². The largest absolute Gasteiger partial charge is 0.394 e. The highest BCUT2D eigenvalue weighted by atomic mass is 16.3. The predicted octanol–water partition coefficient (Wildman–Crippen LogP) is -0.292. The zero-order chi connectivity index (χ0) is 9.72. The van der Waals surface area contributed by atoms with Crippen molar-refractivity contribution < 1.29 is 14.7 Å². The van der Waals surface area contributed by atoms with E-state index < -0.39 is 6.04 Å². The van der Waals surface area contributed by atoms with E-state index in [0.717, 1.165) is 0 Å². The first-order valence-electron chi connectivity index (χ1n) is 3.90. The maximum atomic E-state index is 11.2. The molecule has 0 aromatic heterocycles. The minimum absolute atomic E-state index is 0.146. The summed E-state index contributed by atoms with van der Waals surface area (Å²) in [7, 11) is 0. The molecule has 0 heterocycles. The van der Waals surface area contributed by atoms with Crippen molar-refractivity contribution in [2.24, 2.45) is 5.92 Å². The van der Waals surface area contributed by atoms with Crippen molar-refractivity contribution in [1.29, 1.82) is 0 Å². The molecule has 12 heavy (non-hydrogen) atoms. The number of aliphatic hydroxyl groups excluding tert-OH is 1. The summed E-state index contributed by atoms with van der Waals surface area (Å²) in [6.45, 7) is 4.44. The van der Waals surface area contributed by atoms with Crippen LogP contribution in [0.2, 0.25) is 0 Å². The molecule has 1 amide bonds. The first kappa shape index (κ1) is 11.1. The summed E-state index contributed by atoms with van der Waals surface area (Å²) in [5.74, 6) is -0.621. The summed E-state index contributed by atoms with van der Waals surface area (Å²) >= 11 is 0. The molecule has 0 aromatic carbocycles. The van der Waals surface area contributed by atoms with Gasteiger partial charge in [-0.3, -0.25) is 9.59 Å². The number of ketones is 1. The molecule has 0 fully saturated rings. The zero-order valence-corrected chi connectivity index (χ0v) is 7.63. The van der Waals surface area contributed by atoms with E-state index in [1.807, 2.05) is 0 Å². The van der Waals surface area contributed by atoms with Crippen molar-refractivity contribution in [3.05, 3.63) is 0 Å². The van der Waals surface area contributed by atoms with Crippen LogP contribution < -0.4 is 5.32 Å². The molecule has 2 N–H and O–H groups in total. The van der Waals surface area contributed by atoms with Gasteiger partial charge >= 0.3 is 0 Å². The Bertz CT molecular complexity index is 177. The lowest BCUT2D eigenvalue weighted by molar-refractivity contribution is -0.129. The van der Waals surface area contributed by atoms with Gasteiger partial charge in [-0.15, -0.1) is 0 Å². The summed E-state index contributed by atoms with van der Waals surface area (Å²) in [5, 5.41) is 11.1. The second-order valence-electron chi connectivity index (χ2n) is 2.99. The van der Waals surface area contributed by atoms with Crippen LogP contribution in [0, 0.1) is 5.92 Å². The van der Waals surface area contributed by atoms with E-state index in [-0.39, 0.29) is 24.2 Å². The van der Waals surface area contributed by atoms with Gasteiger partial charge in [0, 0.05) is 12.8 Å². The molecule has 0 spiro atoms. The van der Waals surface area contributed by atoms with E-state index in [1.54, 1.807) is 13.8 Å². The molecule has 0 saturated carbocycles. The second-order valence-corrected chi connectivity index (χ2v) is 2.99. The minimum Gasteiger partial charge on any atom is -0.394 e. The fourth-order valence-electron chi connectivity index (χ4n) is 0.854. The van der Waals surface area contributed by atoms with Gasteiger partial charge in [0.1, 0.15) is 6.04 Å². The quantitative estimate of drug-likeness (QED) is 0.614. The summed E-state index contributed by atoms with van der Waals surface area (Å²) in [6.07, 6.45) is 0. The van der Waals surface area contributed by atoms with Crippen LogP contribution in [0.4, 0.5) is 0 Å².